The lowest BCUT2D eigenvalue weighted by Gasteiger charge is -2.02. The number of halogens is 1. The van der Waals surface area contributed by atoms with Crippen molar-refractivity contribution in [2.24, 2.45) is 0 Å². The molecule has 3 heteroatoms. The van der Waals surface area contributed by atoms with Gasteiger partial charge in [-0.1, -0.05) is 34.1 Å². The number of rotatable bonds is 4. The second-order valence-electron chi connectivity index (χ2n) is 3.17. The molecule has 1 N–H and O–H groups in total. The molecule has 0 saturated carbocycles. The van der Waals surface area contributed by atoms with Crippen LogP contribution in [0.2, 0.25) is 0 Å². The Balaban J connectivity index is 2.32. The minimum absolute atomic E-state index is 0.0328. The van der Waals surface area contributed by atoms with Gasteiger partial charge in [-0.2, -0.15) is 0 Å². The lowest BCUT2D eigenvalue weighted by molar-refractivity contribution is -0.116. The zero-order chi connectivity index (χ0) is 11.1. The summed E-state index contributed by atoms with van der Waals surface area (Å²) >= 11 is 3.38. The van der Waals surface area contributed by atoms with Crippen LogP contribution in [0, 0.1) is 0 Å². The fourth-order valence-electron chi connectivity index (χ4n) is 1.19. The Morgan fingerprint density at radius 3 is 2.67 bits per heavy atom. The summed E-state index contributed by atoms with van der Waals surface area (Å²) in [6.07, 6.45) is 4.12. The van der Waals surface area contributed by atoms with Gasteiger partial charge in [-0.05, 0) is 37.1 Å². The number of carbonyl (C=O) groups excluding carboxylic acids is 1. The van der Waals surface area contributed by atoms with Crippen LogP contribution in [0.4, 0.5) is 0 Å². The zero-order valence-corrected chi connectivity index (χ0v) is 10.3. The standard InChI is InChI=1S/C12H14BrNO/c1-2-3-12(15)14-9-8-10-4-6-11(13)7-5-10/h2-7H,8-9H2,1H3,(H,14,15)/b3-2+. The van der Waals surface area contributed by atoms with Crippen molar-refractivity contribution in [2.45, 2.75) is 13.3 Å². The third-order valence-corrected chi connectivity index (χ3v) is 2.47. The van der Waals surface area contributed by atoms with E-state index in [2.05, 4.69) is 21.2 Å². The molecule has 0 unspecified atom stereocenters. The van der Waals surface area contributed by atoms with Crippen molar-refractivity contribution in [1.82, 2.24) is 5.32 Å². The Kier molecular flexibility index (Phi) is 5.12. The van der Waals surface area contributed by atoms with Crippen LogP contribution < -0.4 is 5.32 Å². The normalized spacial score (nSPS) is 10.5. The predicted molar refractivity (Wildman–Crippen MR) is 65.7 cm³/mol. The van der Waals surface area contributed by atoms with E-state index in [0.717, 1.165) is 10.9 Å². The molecule has 0 saturated heterocycles. The summed E-state index contributed by atoms with van der Waals surface area (Å²) in [5.74, 6) is -0.0328. The number of allylic oxidation sites excluding steroid dienone is 1. The molecule has 0 aromatic heterocycles. The van der Waals surface area contributed by atoms with Crippen LogP contribution in [0.15, 0.2) is 40.9 Å². The fourth-order valence-corrected chi connectivity index (χ4v) is 1.46. The van der Waals surface area contributed by atoms with Crippen LogP contribution >= 0.6 is 15.9 Å². The number of carbonyl (C=O) groups is 1. The van der Waals surface area contributed by atoms with Gasteiger partial charge in [-0.15, -0.1) is 0 Å². The summed E-state index contributed by atoms with van der Waals surface area (Å²) in [5, 5.41) is 2.81. The van der Waals surface area contributed by atoms with Crippen molar-refractivity contribution in [3.8, 4) is 0 Å². The highest BCUT2D eigenvalue weighted by Crippen LogP contribution is 2.10. The van der Waals surface area contributed by atoms with Gasteiger partial charge in [0.05, 0.1) is 0 Å². The van der Waals surface area contributed by atoms with E-state index in [0.29, 0.717) is 6.54 Å². The molecule has 0 aliphatic heterocycles. The average molecular weight is 268 g/mol. The van der Waals surface area contributed by atoms with E-state index >= 15 is 0 Å². The maximum absolute atomic E-state index is 11.1. The number of amides is 1. The molecule has 0 bridgehead atoms. The number of benzene rings is 1. The SMILES string of the molecule is C/C=C/C(=O)NCCc1ccc(Br)cc1. The topological polar surface area (TPSA) is 29.1 Å². The molecule has 0 radical (unpaired) electrons. The molecular formula is C12H14BrNO. The molecule has 1 aromatic carbocycles. The molecule has 15 heavy (non-hydrogen) atoms. The maximum atomic E-state index is 11.1. The summed E-state index contributed by atoms with van der Waals surface area (Å²) in [7, 11) is 0. The second-order valence-corrected chi connectivity index (χ2v) is 4.08. The maximum Gasteiger partial charge on any atom is 0.243 e. The molecule has 1 rings (SSSR count). The van der Waals surface area contributed by atoms with Crippen LogP contribution in [-0.4, -0.2) is 12.5 Å². The number of hydrogen-bond acceptors (Lipinski definition) is 1. The smallest absolute Gasteiger partial charge is 0.243 e. The zero-order valence-electron chi connectivity index (χ0n) is 8.66. The van der Waals surface area contributed by atoms with E-state index in [4.69, 9.17) is 0 Å². The minimum atomic E-state index is -0.0328. The molecular weight excluding hydrogens is 254 g/mol. The first kappa shape index (κ1) is 12.0. The van der Waals surface area contributed by atoms with Gasteiger partial charge in [-0.3, -0.25) is 4.79 Å². The van der Waals surface area contributed by atoms with E-state index < -0.39 is 0 Å². The third-order valence-electron chi connectivity index (χ3n) is 1.94. The summed E-state index contributed by atoms with van der Waals surface area (Å²) in [6.45, 7) is 2.50. The number of hydrogen-bond donors (Lipinski definition) is 1. The molecule has 1 aromatic rings. The largest absolute Gasteiger partial charge is 0.352 e. The fraction of sp³-hybridized carbons (Fsp3) is 0.250. The van der Waals surface area contributed by atoms with Crippen LogP contribution in [0.25, 0.3) is 0 Å². The van der Waals surface area contributed by atoms with Crippen LogP contribution in [0.5, 0.6) is 0 Å². The third kappa shape index (κ3) is 4.79. The first-order valence-electron chi connectivity index (χ1n) is 4.87. The van der Waals surface area contributed by atoms with Crippen LogP contribution in [-0.2, 0) is 11.2 Å². The predicted octanol–water partition coefficient (Wildman–Crippen LogP) is 2.68. The van der Waals surface area contributed by atoms with E-state index in [1.165, 1.54) is 11.6 Å². The van der Waals surface area contributed by atoms with Crippen molar-refractivity contribution < 1.29 is 4.79 Å². The second kappa shape index (κ2) is 6.40. The lowest BCUT2D eigenvalue weighted by atomic mass is 10.1. The Bertz CT molecular complexity index is 343. The minimum Gasteiger partial charge on any atom is -0.352 e. The van der Waals surface area contributed by atoms with Crippen LogP contribution in [0.3, 0.4) is 0 Å². The molecule has 0 spiro atoms. The van der Waals surface area contributed by atoms with E-state index in [1.54, 1.807) is 6.08 Å². The highest BCUT2D eigenvalue weighted by Gasteiger charge is 1.95. The first-order chi connectivity index (χ1) is 7.22. The molecule has 0 aliphatic rings. The quantitative estimate of drug-likeness (QED) is 0.836. The van der Waals surface area contributed by atoms with E-state index in [-0.39, 0.29) is 5.91 Å². The highest BCUT2D eigenvalue weighted by atomic mass is 79.9. The summed E-state index contributed by atoms with van der Waals surface area (Å²) in [4.78, 5) is 11.1. The van der Waals surface area contributed by atoms with Crippen molar-refractivity contribution >= 4 is 21.8 Å². The van der Waals surface area contributed by atoms with Gasteiger partial charge in [-0.25, -0.2) is 0 Å². The monoisotopic (exact) mass is 267 g/mol. The molecule has 0 heterocycles. The van der Waals surface area contributed by atoms with E-state index in [9.17, 15) is 4.79 Å². The van der Waals surface area contributed by atoms with Crippen molar-refractivity contribution in [2.75, 3.05) is 6.54 Å². The van der Waals surface area contributed by atoms with Gasteiger partial charge in [0.25, 0.3) is 0 Å². The molecule has 0 fully saturated rings. The van der Waals surface area contributed by atoms with Gasteiger partial charge in [0, 0.05) is 11.0 Å². The highest BCUT2D eigenvalue weighted by molar-refractivity contribution is 9.10. The van der Waals surface area contributed by atoms with Gasteiger partial charge in [0.15, 0.2) is 0 Å². The van der Waals surface area contributed by atoms with Gasteiger partial charge < -0.3 is 5.32 Å². The lowest BCUT2D eigenvalue weighted by Crippen LogP contribution is -2.23. The van der Waals surface area contributed by atoms with E-state index in [1.807, 2.05) is 31.2 Å². The Labute approximate surface area is 98.5 Å². The Hall–Kier alpha value is -1.09. The Morgan fingerprint density at radius 2 is 2.07 bits per heavy atom. The molecule has 2 nitrogen and oxygen atoms in total. The molecule has 1 amide bonds. The van der Waals surface area contributed by atoms with Crippen molar-refractivity contribution in [3.63, 3.8) is 0 Å². The average Bonchev–Trinajstić information content (AvgIpc) is 2.21. The summed E-state index contributed by atoms with van der Waals surface area (Å²) < 4.78 is 1.07. The summed E-state index contributed by atoms with van der Waals surface area (Å²) in [6, 6.07) is 8.10. The Morgan fingerprint density at radius 1 is 1.40 bits per heavy atom. The summed E-state index contributed by atoms with van der Waals surface area (Å²) in [5.41, 5.74) is 1.22. The number of nitrogens with one attached hydrogen (secondary N) is 1. The van der Waals surface area contributed by atoms with Crippen molar-refractivity contribution in [1.29, 1.82) is 0 Å². The first-order valence-corrected chi connectivity index (χ1v) is 5.66. The molecule has 80 valence electrons. The molecule has 0 atom stereocenters. The van der Waals surface area contributed by atoms with Crippen molar-refractivity contribution in [3.05, 3.63) is 46.5 Å². The van der Waals surface area contributed by atoms with Gasteiger partial charge in [0.2, 0.25) is 5.91 Å². The van der Waals surface area contributed by atoms with Crippen LogP contribution in [0.1, 0.15) is 12.5 Å². The molecule has 0 aliphatic carbocycles. The van der Waals surface area contributed by atoms with Gasteiger partial charge >= 0.3 is 0 Å². The van der Waals surface area contributed by atoms with Gasteiger partial charge in [0.1, 0.15) is 0 Å².